The van der Waals surface area contributed by atoms with Gasteiger partial charge in [0.05, 0.1) is 0 Å². The van der Waals surface area contributed by atoms with Gasteiger partial charge in [0.25, 0.3) is 0 Å². The van der Waals surface area contributed by atoms with Crippen molar-refractivity contribution in [3.63, 3.8) is 0 Å². The molecule has 1 nitrogen and oxygen atoms in total. The fraction of sp³-hybridized carbons (Fsp3) is 0.500. The van der Waals surface area contributed by atoms with Crippen molar-refractivity contribution >= 4 is 15.9 Å². The third-order valence-corrected chi connectivity index (χ3v) is 2.81. The summed E-state index contributed by atoms with van der Waals surface area (Å²) in [5, 5.41) is 0. The van der Waals surface area contributed by atoms with Crippen LogP contribution >= 0.6 is 15.9 Å². The van der Waals surface area contributed by atoms with Gasteiger partial charge in [-0.3, -0.25) is 0 Å². The van der Waals surface area contributed by atoms with Crippen LogP contribution in [0.3, 0.4) is 0 Å². The number of benzene rings is 1. The average molecular weight is 256 g/mol. The first-order chi connectivity index (χ1) is 6.32. The standard InChI is InChI=1S/C12H18BrN/c1-8(14)10-7-9(13)5-6-11(10)12(2,3)4/h5-8H,14H2,1-4H3. The summed E-state index contributed by atoms with van der Waals surface area (Å²) in [6.07, 6.45) is 0. The smallest absolute Gasteiger partial charge is 0.0269 e. The van der Waals surface area contributed by atoms with Crippen LogP contribution in [-0.2, 0) is 5.41 Å². The first kappa shape index (κ1) is 11.7. The van der Waals surface area contributed by atoms with Gasteiger partial charge in [-0.2, -0.15) is 0 Å². The summed E-state index contributed by atoms with van der Waals surface area (Å²) in [5.74, 6) is 0. The van der Waals surface area contributed by atoms with Crippen molar-refractivity contribution in [2.75, 3.05) is 0 Å². The van der Waals surface area contributed by atoms with Crippen LogP contribution in [0.15, 0.2) is 22.7 Å². The van der Waals surface area contributed by atoms with Crippen LogP contribution in [0.5, 0.6) is 0 Å². The first-order valence-electron chi connectivity index (χ1n) is 4.88. The molecule has 0 radical (unpaired) electrons. The normalized spacial score (nSPS) is 14.1. The Morgan fingerprint density at radius 3 is 2.29 bits per heavy atom. The maximum atomic E-state index is 5.96. The Labute approximate surface area is 94.8 Å². The van der Waals surface area contributed by atoms with Crippen LogP contribution < -0.4 is 5.73 Å². The second-order valence-electron chi connectivity index (χ2n) is 4.77. The van der Waals surface area contributed by atoms with E-state index in [9.17, 15) is 0 Å². The van der Waals surface area contributed by atoms with Crippen LogP contribution in [0.4, 0.5) is 0 Å². The summed E-state index contributed by atoms with van der Waals surface area (Å²) in [6, 6.07) is 6.43. The van der Waals surface area contributed by atoms with Gasteiger partial charge in [0.2, 0.25) is 0 Å². The Morgan fingerprint density at radius 1 is 1.29 bits per heavy atom. The van der Waals surface area contributed by atoms with Gasteiger partial charge in [-0.05, 0) is 35.6 Å². The maximum Gasteiger partial charge on any atom is 0.0269 e. The second kappa shape index (κ2) is 4.03. The molecular weight excluding hydrogens is 238 g/mol. The van der Waals surface area contributed by atoms with E-state index in [1.807, 2.05) is 6.92 Å². The quantitative estimate of drug-likeness (QED) is 0.813. The SMILES string of the molecule is CC(N)c1cc(Br)ccc1C(C)(C)C. The van der Waals surface area contributed by atoms with E-state index < -0.39 is 0 Å². The molecule has 0 bridgehead atoms. The Hall–Kier alpha value is -0.340. The highest BCUT2D eigenvalue weighted by Crippen LogP contribution is 2.30. The van der Waals surface area contributed by atoms with Crippen LogP contribution in [0, 0.1) is 0 Å². The zero-order chi connectivity index (χ0) is 10.9. The van der Waals surface area contributed by atoms with Gasteiger partial charge in [0.15, 0.2) is 0 Å². The predicted molar refractivity (Wildman–Crippen MR) is 65.4 cm³/mol. The minimum Gasteiger partial charge on any atom is -0.324 e. The van der Waals surface area contributed by atoms with E-state index in [1.165, 1.54) is 11.1 Å². The minimum absolute atomic E-state index is 0.0849. The van der Waals surface area contributed by atoms with E-state index in [1.54, 1.807) is 0 Å². The molecule has 0 aliphatic rings. The van der Waals surface area contributed by atoms with Crippen molar-refractivity contribution < 1.29 is 0 Å². The van der Waals surface area contributed by atoms with Crippen LogP contribution in [0.2, 0.25) is 0 Å². The number of hydrogen-bond donors (Lipinski definition) is 1. The summed E-state index contributed by atoms with van der Waals surface area (Å²) in [5.41, 5.74) is 8.67. The van der Waals surface area contributed by atoms with Crippen molar-refractivity contribution in [2.45, 2.75) is 39.2 Å². The third kappa shape index (κ3) is 2.58. The fourth-order valence-corrected chi connectivity index (χ4v) is 1.97. The van der Waals surface area contributed by atoms with Gasteiger partial charge in [0, 0.05) is 10.5 Å². The van der Waals surface area contributed by atoms with Gasteiger partial charge in [-0.15, -0.1) is 0 Å². The summed E-state index contributed by atoms with van der Waals surface area (Å²) in [4.78, 5) is 0. The second-order valence-corrected chi connectivity index (χ2v) is 5.69. The van der Waals surface area contributed by atoms with E-state index in [0.717, 1.165) is 4.47 Å². The van der Waals surface area contributed by atoms with Crippen molar-refractivity contribution in [1.29, 1.82) is 0 Å². The fourth-order valence-electron chi connectivity index (χ4n) is 1.59. The maximum absolute atomic E-state index is 5.96. The Morgan fingerprint density at radius 2 is 1.86 bits per heavy atom. The largest absolute Gasteiger partial charge is 0.324 e. The molecule has 14 heavy (non-hydrogen) atoms. The van der Waals surface area contributed by atoms with E-state index in [4.69, 9.17) is 5.73 Å². The Kier molecular flexibility index (Phi) is 3.38. The molecule has 0 aromatic heterocycles. The summed E-state index contributed by atoms with van der Waals surface area (Å²) < 4.78 is 1.10. The van der Waals surface area contributed by atoms with Gasteiger partial charge >= 0.3 is 0 Å². The van der Waals surface area contributed by atoms with Gasteiger partial charge in [-0.1, -0.05) is 42.8 Å². The van der Waals surface area contributed by atoms with Crippen molar-refractivity contribution in [3.05, 3.63) is 33.8 Å². The molecule has 1 unspecified atom stereocenters. The van der Waals surface area contributed by atoms with Crippen molar-refractivity contribution in [3.8, 4) is 0 Å². The Bertz CT molecular complexity index is 324. The van der Waals surface area contributed by atoms with Crippen LogP contribution in [0.1, 0.15) is 44.9 Å². The lowest BCUT2D eigenvalue weighted by Gasteiger charge is -2.24. The molecule has 78 valence electrons. The Balaban J connectivity index is 3.29. The lowest BCUT2D eigenvalue weighted by Crippen LogP contribution is -2.18. The molecule has 1 aromatic rings. The van der Waals surface area contributed by atoms with E-state index >= 15 is 0 Å². The molecule has 0 saturated heterocycles. The highest BCUT2D eigenvalue weighted by molar-refractivity contribution is 9.10. The zero-order valence-corrected chi connectivity index (χ0v) is 10.9. The van der Waals surface area contributed by atoms with Gasteiger partial charge < -0.3 is 5.73 Å². The van der Waals surface area contributed by atoms with Crippen LogP contribution in [0.25, 0.3) is 0 Å². The molecule has 0 aliphatic carbocycles. The monoisotopic (exact) mass is 255 g/mol. The lowest BCUT2D eigenvalue weighted by molar-refractivity contribution is 0.575. The highest BCUT2D eigenvalue weighted by Gasteiger charge is 2.19. The summed E-state index contributed by atoms with van der Waals surface area (Å²) in [6.45, 7) is 8.66. The molecule has 2 heteroatoms. The topological polar surface area (TPSA) is 26.0 Å². The highest BCUT2D eigenvalue weighted by atomic mass is 79.9. The molecule has 0 spiro atoms. The molecule has 1 rings (SSSR count). The molecule has 0 amide bonds. The van der Waals surface area contributed by atoms with E-state index in [2.05, 4.69) is 54.9 Å². The molecule has 0 saturated carbocycles. The van der Waals surface area contributed by atoms with Gasteiger partial charge in [-0.25, -0.2) is 0 Å². The molecule has 1 atom stereocenters. The molecular formula is C12H18BrN. The number of nitrogens with two attached hydrogens (primary N) is 1. The molecule has 2 N–H and O–H groups in total. The van der Waals surface area contributed by atoms with Crippen LogP contribution in [-0.4, -0.2) is 0 Å². The lowest BCUT2D eigenvalue weighted by atomic mass is 9.82. The van der Waals surface area contributed by atoms with Gasteiger partial charge in [0.1, 0.15) is 0 Å². The van der Waals surface area contributed by atoms with Crippen molar-refractivity contribution in [2.24, 2.45) is 5.73 Å². The zero-order valence-electron chi connectivity index (χ0n) is 9.26. The minimum atomic E-state index is 0.0849. The summed E-state index contributed by atoms with van der Waals surface area (Å²) >= 11 is 3.48. The van der Waals surface area contributed by atoms with E-state index in [0.29, 0.717) is 0 Å². The molecule has 0 aliphatic heterocycles. The first-order valence-corrected chi connectivity index (χ1v) is 5.67. The number of halogens is 1. The average Bonchev–Trinajstić information content (AvgIpc) is 2.01. The third-order valence-electron chi connectivity index (χ3n) is 2.31. The molecule has 0 heterocycles. The van der Waals surface area contributed by atoms with E-state index in [-0.39, 0.29) is 11.5 Å². The van der Waals surface area contributed by atoms with Crippen molar-refractivity contribution in [1.82, 2.24) is 0 Å². The predicted octanol–water partition coefficient (Wildman–Crippen LogP) is 3.77. The molecule has 1 aromatic carbocycles. The summed E-state index contributed by atoms with van der Waals surface area (Å²) in [7, 11) is 0. The number of hydrogen-bond acceptors (Lipinski definition) is 1. The molecule has 0 fully saturated rings. The number of rotatable bonds is 1.